The van der Waals surface area contributed by atoms with Gasteiger partial charge in [0.05, 0.1) is 17.1 Å². The second-order valence-electron chi connectivity index (χ2n) is 4.56. The highest BCUT2D eigenvalue weighted by Crippen LogP contribution is 2.29. The van der Waals surface area contributed by atoms with Gasteiger partial charge in [-0.05, 0) is 19.1 Å². The Morgan fingerprint density at radius 3 is 2.90 bits per heavy atom. The van der Waals surface area contributed by atoms with Crippen molar-refractivity contribution >= 4 is 28.4 Å². The summed E-state index contributed by atoms with van der Waals surface area (Å²) < 4.78 is 1.66. The number of aryl methyl sites for hydroxylation is 1. The van der Waals surface area contributed by atoms with Crippen molar-refractivity contribution < 1.29 is 9.90 Å². The van der Waals surface area contributed by atoms with Crippen LogP contribution in [0.5, 0.6) is 5.75 Å². The lowest BCUT2D eigenvalue weighted by Crippen LogP contribution is -2.04. The Bertz CT molecular complexity index is 842. The summed E-state index contributed by atoms with van der Waals surface area (Å²) in [5, 5.41) is 15.4. The van der Waals surface area contributed by atoms with E-state index < -0.39 is 0 Å². The first kappa shape index (κ1) is 13.6. The molecule has 0 bridgehead atoms. The molecular formula is C15H12ClN3O2. The molecule has 0 spiro atoms. The van der Waals surface area contributed by atoms with Crippen molar-refractivity contribution in [1.29, 1.82) is 0 Å². The van der Waals surface area contributed by atoms with Gasteiger partial charge in [0.15, 0.2) is 11.4 Å². The van der Waals surface area contributed by atoms with Gasteiger partial charge in [-0.3, -0.25) is 4.79 Å². The summed E-state index contributed by atoms with van der Waals surface area (Å²) >= 11 is 5.89. The van der Waals surface area contributed by atoms with E-state index in [0.717, 1.165) is 0 Å². The molecule has 0 saturated carbocycles. The zero-order chi connectivity index (χ0) is 15.0. The number of aromatic hydroxyl groups is 1. The fraction of sp³-hybridized carbons (Fsp3) is 0.133. The molecule has 106 valence electrons. The molecule has 0 unspecified atom stereocenters. The van der Waals surface area contributed by atoms with Gasteiger partial charge >= 0.3 is 0 Å². The average molecular weight is 302 g/mol. The number of carbonyl (C=O) groups excluding carboxylic acids is 1. The molecular weight excluding hydrogens is 290 g/mol. The minimum atomic E-state index is -0.325. The summed E-state index contributed by atoms with van der Waals surface area (Å²) in [6, 6.07) is 6.58. The van der Waals surface area contributed by atoms with E-state index in [4.69, 9.17) is 11.6 Å². The summed E-state index contributed by atoms with van der Waals surface area (Å²) in [5.74, 6) is -0.432. The van der Waals surface area contributed by atoms with Crippen molar-refractivity contribution in [1.82, 2.24) is 14.8 Å². The van der Waals surface area contributed by atoms with Crippen LogP contribution in [-0.4, -0.2) is 25.7 Å². The van der Waals surface area contributed by atoms with Gasteiger partial charge < -0.3 is 5.11 Å². The van der Waals surface area contributed by atoms with Gasteiger partial charge in [-0.25, -0.2) is 9.67 Å². The van der Waals surface area contributed by atoms with E-state index in [1.165, 1.54) is 12.4 Å². The highest BCUT2D eigenvalue weighted by Gasteiger charge is 2.18. The van der Waals surface area contributed by atoms with E-state index in [0.29, 0.717) is 28.2 Å². The number of hydrogen-bond acceptors (Lipinski definition) is 4. The highest BCUT2D eigenvalue weighted by molar-refractivity contribution is 6.31. The van der Waals surface area contributed by atoms with Gasteiger partial charge in [0.1, 0.15) is 5.75 Å². The number of rotatable bonds is 3. The number of carbonyl (C=O) groups is 1. The number of benzene rings is 1. The first-order valence-electron chi connectivity index (χ1n) is 6.45. The molecule has 5 nitrogen and oxygen atoms in total. The largest absolute Gasteiger partial charge is 0.506 e. The van der Waals surface area contributed by atoms with E-state index in [2.05, 4.69) is 10.1 Å². The minimum Gasteiger partial charge on any atom is -0.506 e. The lowest BCUT2D eigenvalue weighted by Gasteiger charge is -2.05. The van der Waals surface area contributed by atoms with Gasteiger partial charge in [0, 0.05) is 23.3 Å². The Balaban J connectivity index is 2.12. The van der Waals surface area contributed by atoms with Crippen LogP contribution in [0.4, 0.5) is 0 Å². The predicted molar refractivity (Wildman–Crippen MR) is 79.8 cm³/mol. The van der Waals surface area contributed by atoms with Crippen LogP contribution in [0.25, 0.3) is 11.0 Å². The number of fused-ring (bicyclic) bond motifs is 1. The van der Waals surface area contributed by atoms with E-state index in [1.54, 1.807) is 28.9 Å². The molecule has 6 heteroatoms. The molecule has 21 heavy (non-hydrogen) atoms. The molecule has 1 N–H and O–H groups in total. The van der Waals surface area contributed by atoms with E-state index in [-0.39, 0.29) is 17.1 Å². The van der Waals surface area contributed by atoms with Crippen molar-refractivity contribution in [2.75, 3.05) is 0 Å². The van der Waals surface area contributed by atoms with Crippen LogP contribution >= 0.6 is 11.6 Å². The van der Waals surface area contributed by atoms with Crippen LogP contribution in [0.1, 0.15) is 22.8 Å². The van der Waals surface area contributed by atoms with Gasteiger partial charge in [-0.1, -0.05) is 23.7 Å². The number of ketones is 1. The van der Waals surface area contributed by atoms with E-state index >= 15 is 0 Å². The zero-order valence-corrected chi connectivity index (χ0v) is 12.0. The molecule has 0 aliphatic heterocycles. The maximum Gasteiger partial charge on any atom is 0.198 e. The zero-order valence-electron chi connectivity index (χ0n) is 11.2. The molecule has 2 aromatic heterocycles. The molecule has 0 radical (unpaired) electrons. The third kappa shape index (κ3) is 2.25. The first-order chi connectivity index (χ1) is 10.1. The lowest BCUT2D eigenvalue weighted by atomic mass is 10.0. The maximum atomic E-state index is 12.5. The molecule has 0 atom stereocenters. The van der Waals surface area contributed by atoms with Crippen molar-refractivity contribution in [2.45, 2.75) is 13.5 Å². The molecule has 2 heterocycles. The average Bonchev–Trinajstić information content (AvgIpc) is 2.91. The van der Waals surface area contributed by atoms with Crippen molar-refractivity contribution in [3.8, 4) is 5.75 Å². The summed E-state index contributed by atoms with van der Waals surface area (Å²) in [6.45, 7) is 2.56. The van der Waals surface area contributed by atoms with Crippen molar-refractivity contribution in [3.63, 3.8) is 0 Å². The van der Waals surface area contributed by atoms with Crippen LogP contribution in [0.3, 0.4) is 0 Å². The van der Waals surface area contributed by atoms with Gasteiger partial charge in [-0.15, -0.1) is 0 Å². The Kier molecular flexibility index (Phi) is 3.35. The Morgan fingerprint density at radius 1 is 1.38 bits per heavy atom. The third-order valence-corrected chi connectivity index (χ3v) is 3.50. The molecule has 0 saturated heterocycles. The Labute approximate surface area is 125 Å². The molecule has 0 aliphatic rings. The third-order valence-electron chi connectivity index (χ3n) is 3.27. The number of halogens is 1. The summed E-state index contributed by atoms with van der Waals surface area (Å²) in [5.41, 5.74) is 1.10. The Hall–Kier alpha value is -2.40. The Morgan fingerprint density at radius 2 is 2.19 bits per heavy atom. The summed E-state index contributed by atoms with van der Waals surface area (Å²) in [7, 11) is 0. The van der Waals surface area contributed by atoms with E-state index in [1.807, 2.05) is 6.92 Å². The fourth-order valence-corrected chi connectivity index (χ4v) is 2.39. The second-order valence-corrected chi connectivity index (χ2v) is 4.99. The molecule has 3 aromatic rings. The van der Waals surface area contributed by atoms with Gasteiger partial charge in [0.25, 0.3) is 0 Å². The summed E-state index contributed by atoms with van der Waals surface area (Å²) in [6.07, 6.45) is 2.88. The van der Waals surface area contributed by atoms with Crippen molar-refractivity contribution in [2.24, 2.45) is 0 Å². The minimum absolute atomic E-state index is 0.107. The smallest absolute Gasteiger partial charge is 0.198 e. The number of aromatic nitrogens is 3. The maximum absolute atomic E-state index is 12.5. The topological polar surface area (TPSA) is 68.0 Å². The highest BCUT2D eigenvalue weighted by atomic mass is 35.5. The monoisotopic (exact) mass is 301 g/mol. The quantitative estimate of drug-likeness (QED) is 0.755. The second kappa shape index (κ2) is 5.18. The van der Waals surface area contributed by atoms with Crippen LogP contribution in [0, 0.1) is 0 Å². The molecule has 0 fully saturated rings. The summed E-state index contributed by atoms with van der Waals surface area (Å²) in [4.78, 5) is 16.7. The normalized spacial score (nSPS) is 11.0. The van der Waals surface area contributed by atoms with Gasteiger partial charge in [-0.2, -0.15) is 5.10 Å². The predicted octanol–water partition coefficient (Wildman–Crippen LogP) is 3.04. The van der Waals surface area contributed by atoms with Crippen LogP contribution in [-0.2, 0) is 6.54 Å². The number of nitrogens with zero attached hydrogens (tertiary/aromatic N) is 3. The van der Waals surface area contributed by atoms with Gasteiger partial charge in [0.2, 0.25) is 0 Å². The van der Waals surface area contributed by atoms with Crippen molar-refractivity contribution in [3.05, 3.63) is 52.8 Å². The molecule has 1 aromatic carbocycles. The van der Waals surface area contributed by atoms with Crippen LogP contribution < -0.4 is 0 Å². The van der Waals surface area contributed by atoms with E-state index in [9.17, 15) is 9.90 Å². The SMILES string of the molecule is CCn1ncc2c(O)c(C(=O)c3cccc(Cl)c3)cnc21. The fourth-order valence-electron chi connectivity index (χ4n) is 2.20. The lowest BCUT2D eigenvalue weighted by molar-refractivity contribution is 0.103. The standard InChI is InChI=1S/C15H12ClN3O2/c1-2-19-15-12(8-18-19)14(21)11(7-17-15)13(20)9-4-3-5-10(16)6-9/h3-8H,2H2,1H3,(H,17,21). The number of pyridine rings is 1. The molecule has 3 rings (SSSR count). The first-order valence-corrected chi connectivity index (χ1v) is 6.83. The molecule has 0 aliphatic carbocycles. The van der Waals surface area contributed by atoms with Crippen LogP contribution in [0.15, 0.2) is 36.7 Å². The number of hydrogen-bond donors (Lipinski definition) is 1. The molecule has 0 amide bonds. The van der Waals surface area contributed by atoms with Crippen LogP contribution in [0.2, 0.25) is 5.02 Å².